The van der Waals surface area contributed by atoms with Gasteiger partial charge in [0, 0.05) is 12.0 Å². The minimum absolute atomic E-state index is 0.157. The van der Waals surface area contributed by atoms with Crippen molar-refractivity contribution in [3.05, 3.63) is 35.9 Å². The molecule has 1 heterocycles. The smallest absolute Gasteiger partial charge is 0.270 e. The van der Waals surface area contributed by atoms with Crippen LogP contribution in [-0.2, 0) is 21.4 Å². The molecule has 0 radical (unpaired) electrons. The Morgan fingerprint density at radius 3 is 2.43 bits per heavy atom. The molecule has 2 N–H and O–H groups in total. The Hall–Kier alpha value is -1.84. The van der Waals surface area contributed by atoms with Crippen molar-refractivity contribution in [2.45, 2.75) is 31.7 Å². The lowest BCUT2D eigenvalue weighted by Crippen LogP contribution is -2.27. The number of carbonyl (C=O) groups is 1. The maximum Gasteiger partial charge on any atom is 0.270 e. The molecule has 0 fully saturated rings. The predicted octanol–water partition coefficient (Wildman–Crippen LogP) is 2.00. The van der Waals surface area contributed by atoms with E-state index in [9.17, 15) is 13.2 Å². The molecule has 0 bridgehead atoms. The van der Waals surface area contributed by atoms with E-state index in [0.29, 0.717) is 0 Å². The Bertz CT molecular complexity index is 780. The number of nitrogens with zero attached hydrogens (tertiary/aromatic N) is 2. The summed E-state index contributed by atoms with van der Waals surface area (Å²) in [6, 6.07) is 9.14. The van der Waals surface area contributed by atoms with Gasteiger partial charge in [-0.1, -0.05) is 62.4 Å². The van der Waals surface area contributed by atoms with Gasteiger partial charge in [-0.3, -0.25) is 4.79 Å². The van der Waals surface area contributed by atoms with Crippen LogP contribution in [0.2, 0.25) is 0 Å². The number of sulfonamides is 1. The lowest BCUT2D eigenvalue weighted by atomic mass is 9.96. The Labute approximate surface area is 139 Å². The van der Waals surface area contributed by atoms with Crippen molar-refractivity contribution < 1.29 is 13.2 Å². The van der Waals surface area contributed by atoms with Gasteiger partial charge < -0.3 is 5.32 Å². The minimum Gasteiger partial charge on any atom is -0.300 e. The van der Waals surface area contributed by atoms with Gasteiger partial charge in [0.15, 0.2) is 0 Å². The summed E-state index contributed by atoms with van der Waals surface area (Å²) < 4.78 is 26.6. The molecule has 0 unspecified atom stereocenters. The van der Waals surface area contributed by atoms with Gasteiger partial charge in [0.1, 0.15) is 0 Å². The Morgan fingerprint density at radius 2 is 1.83 bits per heavy atom. The molecule has 0 spiro atoms. The van der Waals surface area contributed by atoms with Gasteiger partial charge in [-0.15, -0.1) is 10.2 Å². The van der Waals surface area contributed by atoms with Crippen LogP contribution in [0.15, 0.2) is 34.7 Å². The van der Waals surface area contributed by atoms with Gasteiger partial charge in [0.05, 0.1) is 0 Å². The molecular weight excluding hydrogens is 336 g/mol. The van der Waals surface area contributed by atoms with Gasteiger partial charge in [0.25, 0.3) is 10.0 Å². The van der Waals surface area contributed by atoms with Gasteiger partial charge in [0.2, 0.25) is 15.4 Å². The van der Waals surface area contributed by atoms with Crippen LogP contribution in [0, 0.1) is 5.41 Å². The molecule has 0 saturated heterocycles. The SMILES string of the molecule is CC(C)(C)C(=O)Nc1nnc(S(=O)(=O)NCc2ccccc2)s1. The molecule has 0 atom stereocenters. The third kappa shape index (κ3) is 4.81. The number of benzene rings is 1. The van der Waals surface area contributed by atoms with Crippen molar-refractivity contribution in [3.63, 3.8) is 0 Å². The summed E-state index contributed by atoms with van der Waals surface area (Å²) in [4.78, 5) is 11.9. The highest BCUT2D eigenvalue weighted by molar-refractivity contribution is 7.91. The van der Waals surface area contributed by atoms with Gasteiger partial charge in [-0.05, 0) is 5.56 Å². The first kappa shape index (κ1) is 17.5. The molecule has 1 aromatic heterocycles. The molecule has 23 heavy (non-hydrogen) atoms. The molecule has 0 aliphatic carbocycles. The molecule has 1 aromatic carbocycles. The van der Waals surface area contributed by atoms with E-state index in [2.05, 4.69) is 20.2 Å². The molecular formula is C14H18N4O3S2. The van der Waals surface area contributed by atoms with E-state index in [4.69, 9.17) is 0 Å². The van der Waals surface area contributed by atoms with Crippen molar-refractivity contribution >= 4 is 32.4 Å². The summed E-state index contributed by atoms with van der Waals surface area (Å²) in [6.07, 6.45) is 0. The molecule has 1 amide bonds. The molecule has 124 valence electrons. The first-order valence-electron chi connectivity index (χ1n) is 6.87. The third-order valence-electron chi connectivity index (χ3n) is 2.85. The fraction of sp³-hybridized carbons (Fsp3) is 0.357. The van der Waals surface area contributed by atoms with Gasteiger partial charge >= 0.3 is 0 Å². The number of anilines is 1. The number of hydrogen-bond acceptors (Lipinski definition) is 6. The number of nitrogens with one attached hydrogen (secondary N) is 2. The normalized spacial score (nSPS) is 12.1. The molecule has 7 nitrogen and oxygen atoms in total. The maximum atomic E-state index is 12.2. The molecule has 2 rings (SSSR count). The second-order valence-corrected chi connectivity index (χ2v) is 8.81. The average Bonchev–Trinajstić information content (AvgIpc) is 2.95. The van der Waals surface area contributed by atoms with E-state index in [1.165, 1.54) is 0 Å². The predicted molar refractivity (Wildman–Crippen MR) is 88.5 cm³/mol. The molecule has 2 aromatic rings. The van der Waals surface area contributed by atoms with E-state index in [0.717, 1.165) is 16.9 Å². The van der Waals surface area contributed by atoms with Crippen molar-refractivity contribution in [2.24, 2.45) is 5.41 Å². The Kier molecular flexibility index (Phi) is 5.12. The highest BCUT2D eigenvalue weighted by Gasteiger charge is 2.25. The van der Waals surface area contributed by atoms with Crippen LogP contribution in [0.25, 0.3) is 0 Å². The highest BCUT2D eigenvalue weighted by Crippen LogP contribution is 2.22. The van der Waals surface area contributed by atoms with Crippen LogP contribution < -0.4 is 10.0 Å². The van der Waals surface area contributed by atoms with Crippen LogP contribution in [0.5, 0.6) is 0 Å². The van der Waals surface area contributed by atoms with Crippen molar-refractivity contribution in [2.75, 3.05) is 5.32 Å². The number of amides is 1. The monoisotopic (exact) mass is 354 g/mol. The van der Waals surface area contributed by atoms with Crippen LogP contribution in [0.3, 0.4) is 0 Å². The largest absolute Gasteiger partial charge is 0.300 e. The van der Waals surface area contributed by atoms with E-state index in [1.54, 1.807) is 20.8 Å². The van der Waals surface area contributed by atoms with Crippen molar-refractivity contribution in [3.8, 4) is 0 Å². The number of rotatable bonds is 5. The third-order valence-corrected chi connectivity index (χ3v) is 5.45. The number of aromatic nitrogens is 2. The number of hydrogen-bond donors (Lipinski definition) is 2. The molecule has 9 heteroatoms. The van der Waals surface area contributed by atoms with E-state index < -0.39 is 15.4 Å². The lowest BCUT2D eigenvalue weighted by Gasteiger charge is -2.15. The van der Waals surface area contributed by atoms with Crippen LogP contribution >= 0.6 is 11.3 Å². The zero-order valence-corrected chi connectivity index (χ0v) is 14.7. The molecule has 0 aliphatic rings. The van der Waals surface area contributed by atoms with Gasteiger partial charge in [-0.2, -0.15) is 0 Å². The van der Waals surface area contributed by atoms with Gasteiger partial charge in [-0.25, -0.2) is 13.1 Å². The van der Waals surface area contributed by atoms with E-state index in [1.807, 2.05) is 30.3 Å². The second-order valence-electron chi connectivity index (χ2n) is 5.89. The van der Waals surface area contributed by atoms with Crippen molar-refractivity contribution in [1.82, 2.24) is 14.9 Å². The topological polar surface area (TPSA) is 101 Å². The summed E-state index contributed by atoms with van der Waals surface area (Å²) in [5.41, 5.74) is 0.234. The zero-order chi connectivity index (χ0) is 17.1. The second kappa shape index (κ2) is 6.73. The van der Waals surface area contributed by atoms with Crippen LogP contribution in [0.4, 0.5) is 5.13 Å². The molecule has 0 saturated carbocycles. The quantitative estimate of drug-likeness (QED) is 0.800. The van der Waals surface area contributed by atoms with E-state index in [-0.39, 0.29) is 21.9 Å². The Morgan fingerprint density at radius 1 is 1.17 bits per heavy atom. The van der Waals surface area contributed by atoms with Crippen molar-refractivity contribution in [1.29, 1.82) is 0 Å². The fourth-order valence-electron chi connectivity index (χ4n) is 1.49. The Balaban J connectivity index is 2.05. The summed E-state index contributed by atoms with van der Waals surface area (Å²) in [5, 5.41) is 10.1. The first-order chi connectivity index (χ1) is 10.7. The van der Waals surface area contributed by atoms with Crippen LogP contribution in [-0.4, -0.2) is 24.5 Å². The minimum atomic E-state index is -3.77. The maximum absolute atomic E-state index is 12.2. The van der Waals surface area contributed by atoms with E-state index >= 15 is 0 Å². The highest BCUT2D eigenvalue weighted by atomic mass is 32.2. The standard InChI is InChI=1S/C14H18N4O3S2/c1-14(2,3)11(19)16-12-17-18-13(22-12)23(20,21)15-9-10-7-5-4-6-8-10/h4-8,15H,9H2,1-3H3,(H,16,17,19). The fourth-order valence-corrected chi connectivity index (χ4v) is 3.44. The summed E-state index contributed by atoms with van der Waals surface area (Å²) in [5.74, 6) is -0.255. The zero-order valence-electron chi connectivity index (χ0n) is 13.0. The van der Waals surface area contributed by atoms with Crippen LogP contribution in [0.1, 0.15) is 26.3 Å². The summed E-state index contributed by atoms with van der Waals surface area (Å²) >= 11 is 0.815. The first-order valence-corrected chi connectivity index (χ1v) is 9.17. The summed E-state index contributed by atoms with van der Waals surface area (Å²) in [7, 11) is -3.77. The number of carbonyl (C=O) groups excluding carboxylic acids is 1. The molecule has 0 aliphatic heterocycles. The average molecular weight is 354 g/mol. The lowest BCUT2D eigenvalue weighted by molar-refractivity contribution is -0.123. The summed E-state index contributed by atoms with van der Waals surface area (Å²) in [6.45, 7) is 5.42.